The van der Waals surface area contributed by atoms with Gasteiger partial charge in [-0.3, -0.25) is 29.4 Å². The van der Waals surface area contributed by atoms with Crippen molar-refractivity contribution in [3.8, 4) is 0 Å². The number of fused-ring (bicyclic) bond motifs is 2. The molecule has 464 valence electrons. The Morgan fingerprint density at radius 2 is 0.978 bits per heavy atom. The van der Waals surface area contributed by atoms with Crippen LogP contribution in [0, 0.1) is 0 Å². The number of nitrogens with zero attached hydrogens (tertiary/aromatic N) is 6. The molecule has 0 saturated heterocycles. The van der Waals surface area contributed by atoms with E-state index < -0.39 is 17.0 Å². The average molecular weight is 1210 g/mol. The van der Waals surface area contributed by atoms with Crippen LogP contribution < -0.4 is 42.5 Å². The summed E-state index contributed by atoms with van der Waals surface area (Å²) >= 11 is 0. The van der Waals surface area contributed by atoms with Crippen LogP contribution in [0.15, 0.2) is 170 Å². The number of amides is 8. The summed E-state index contributed by atoms with van der Waals surface area (Å²) < 4.78 is 0. The Labute approximate surface area is 523 Å². The minimum atomic E-state index is -1.01. The molecule has 4 heterocycles. The van der Waals surface area contributed by atoms with Crippen LogP contribution in [0.25, 0.3) is 0 Å². The van der Waals surface area contributed by atoms with Crippen LogP contribution in [0.4, 0.5) is 55.3 Å². The van der Waals surface area contributed by atoms with Gasteiger partial charge in [-0.2, -0.15) is 10.2 Å². The number of aromatic amines is 2. The molecule has 8 aromatic rings. The molecule has 22 nitrogen and oxygen atoms in total. The molecule has 1 unspecified atom stereocenters. The highest BCUT2D eigenvalue weighted by Gasteiger charge is 2.47. The molecule has 3 atom stereocenters. The zero-order valence-corrected chi connectivity index (χ0v) is 51.7. The molecule has 8 amide bonds. The van der Waals surface area contributed by atoms with Gasteiger partial charge >= 0.3 is 12.1 Å². The van der Waals surface area contributed by atoms with Crippen molar-refractivity contribution in [2.24, 2.45) is 0 Å². The fourth-order valence-electron chi connectivity index (χ4n) is 11.3. The molecular formula is C68H76N16O6. The van der Waals surface area contributed by atoms with Crippen LogP contribution in [-0.2, 0) is 33.8 Å². The van der Waals surface area contributed by atoms with E-state index in [-0.39, 0.29) is 54.8 Å². The van der Waals surface area contributed by atoms with Crippen LogP contribution in [0.3, 0.4) is 0 Å². The lowest BCUT2D eigenvalue weighted by atomic mass is 9.93. The maximum absolute atomic E-state index is 14.7. The second-order valence-corrected chi connectivity index (χ2v) is 23.7. The topological polar surface area (TPSA) is 269 Å². The molecule has 10 rings (SSSR count). The quantitative estimate of drug-likeness (QED) is 0.0284. The summed E-state index contributed by atoms with van der Waals surface area (Å²) in [6, 6.07) is 46.3. The van der Waals surface area contributed by atoms with Crippen molar-refractivity contribution < 1.29 is 28.8 Å². The summed E-state index contributed by atoms with van der Waals surface area (Å²) in [6.45, 7) is 9.35. The Kier molecular flexibility index (Phi) is 18.9. The van der Waals surface area contributed by atoms with Gasteiger partial charge < -0.3 is 62.1 Å². The Morgan fingerprint density at radius 1 is 0.533 bits per heavy atom. The third-order valence-corrected chi connectivity index (χ3v) is 16.1. The van der Waals surface area contributed by atoms with Crippen LogP contribution in [-0.4, -0.2) is 117 Å². The molecule has 0 aliphatic carbocycles. The van der Waals surface area contributed by atoms with Crippen molar-refractivity contribution in [1.29, 1.82) is 0 Å². The first-order valence-electron chi connectivity index (χ1n) is 29.8. The number of carbonyl (C=O) groups is 6. The molecule has 2 aromatic heterocycles. The molecule has 0 spiro atoms. The maximum Gasteiger partial charge on any atom is 0.319 e. The molecule has 22 heteroatoms. The fourth-order valence-corrected chi connectivity index (χ4v) is 11.3. The van der Waals surface area contributed by atoms with Crippen molar-refractivity contribution in [2.75, 3.05) is 73.2 Å². The summed E-state index contributed by atoms with van der Waals surface area (Å²) in [6.07, 6.45) is 3.71. The highest BCUT2D eigenvalue weighted by atomic mass is 16.2. The molecule has 0 saturated carbocycles. The van der Waals surface area contributed by atoms with Crippen LogP contribution in [0.2, 0.25) is 0 Å². The van der Waals surface area contributed by atoms with Crippen LogP contribution in [0.5, 0.6) is 0 Å². The summed E-state index contributed by atoms with van der Waals surface area (Å²) in [5.41, 5.74) is 7.61. The Balaban J connectivity index is 0.776. The SMILES string of the molecule is CCC(=O)Nc1ccc(C(=O)Nc2cccc(Nc3n[nH]c4c3CN(C(=O)N[C@H](CN(C)C)c3ccccc3)C4(C)C/C=C\C(=O)Nc3ccc(C(=O)Nc4cccc(Nc5n[nH]c6c5CN(C(=O)N[C@H](CN(C)C)c5ccccc5)C6(C)C)c4)cc3)c2)cc1. The van der Waals surface area contributed by atoms with Gasteiger partial charge in [0, 0.05) is 75.9 Å². The molecule has 0 radical (unpaired) electrons. The number of benzene rings is 6. The first kappa shape index (κ1) is 62.5. The van der Waals surface area contributed by atoms with Gasteiger partial charge in [-0.15, -0.1) is 0 Å². The van der Waals surface area contributed by atoms with Gasteiger partial charge in [0.05, 0.1) is 47.6 Å². The second kappa shape index (κ2) is 27.2. The normalized spacial score (nSPS) is 15.4. The average Bonchev–Trinajstić information content (AvgIpc) is 1.61. The van der Waals surface area contributed by atoms with Crippen molar-refractivity contribution in [3.05, 3.63) is 215 Å². The molecule has 10 N–H and O–H groups in total. The van der Waals surface area contributed by atoms with E-state index in [2.05, 4.69) is 62.9 Å². The number of urea groups is 2. The van der Waals surface area contributed by atoms with Crippen molar-refractivity contribution in [3.63, 3.8) is 0 Å². The number of anilines is 8. The van der Waals surface area contributed by atoms with Gasteiger partial charge in [0.1, 0.15) is 0 Å². The minimum Gasteiger partial charge on any atom is -0.338 e. The Hall–Kier alpha value is -10.6. The summed E-state index contributed by atoms with van der Waals surface area (Å²) in [4.78, 5) is 88.6. The van der Waals surface area contributed by atoms with Crippen molar-refractivity contribution in [1.82, 2.24) is 50.6 Å². The summed E-state index contributed by atoms with van der Waals surface area (Å²) in [7, 11) is 7.87. The van der Waals surface area contributed by atoms with E-state index in [0.717, 1.165) is 27.9 Å². The number of rotatable bonds is 22. The lowest BCUT2D eigenvalue weighted by Crippen LogP contribution is -2.49. The first-order chi connectivity index (χ1) is 43.2. The number of likely N-dealkylation sites (N-methyl/N-ethyl adjacent to an activating group) is 2. The highest BCUT2D eigenvalue weighted by molar-refractivity contribution is 6.06. The molecule has 0 fully saturated rings. The number of carbonyl (C=O) groups excluding carboxylic acids is 6. The third kappa shape index (κ3) is 14.5. The third-order valence-electron chi connectivity index (χ3n) is 16.1. The zero-order chi connectivity index (χ0) is 63.7. The molecule has 6 aromatic carbocycles. The monoisotopic (exact) mass is 1210 g/mol. The second-order valence-electron chi connectivity index (χ2n) is 23.7. The maximum atomic E-state index is 14.7. The van der Waals surface area contributed by atoms with E-state index in [1.54, 1.807) is 96.8 Å². The number of hydrogen-bond donors (Lipinski definition) is 10. The largest absolute Gasteiger partial charge is 0.338 e. The number of aromatic nitrogens is 4. The van der Waals surface area contributed by atoms with Gasteiger partial charge in [0.25, 0.3) is 11.8 Å². The van der Waals surface area contributed by atoms with Gasteiger partial charge in [-0.1, -0.05) is 85.8 Å². The number of H-pyrrole nitrogens is 2. The molecule has 2 aliphatic rings. The van der Waals surface area contributed by atoms with E-state index >= 15 is 0 Å². The first-order valence-corrected chi connectivity index (χ1v) is 29.8. The zero-order valence-electron chi connectivity index (χ0n) is 51.7. The summed E-state index contributed by atoms with van der Waals surface area (Å²) in [5.74, 6) is -0.174. The number of nitrogens with one attached hydrogen (secondary N) is 10. The smallest absolute Gasteiger partial charge is 0.319 e. The van der Waals surface area contributed by atoms with E-state index in [1.807, 2.05) is 143 Å². The molecule has 0 bridgehead atoms. The van der Waals surface area contributed by atoms with E-state index in [4.69, 9.17) is 0 Å². The minimum absolute atomic E-state index is 0.123. The predicted octanol–water partition coefficient (Wildman–Crippen LogP) is 11.2. The Morgan fingerprint density at radius 3 is 1.47 bits per heavy atom. The molecule has 2 aliphatic heterocycles. The van der Waals surface area contributed by atoms with Crippen molar-refractivity contribution in [2.45, 2.75) is 76.8 Å². The van der Waals surface area contributed by atoms with Crippen molar-refractivity contribution >= 4 is 81.5 Å². The van der Waals surface area contributed by atoms with E-state index in [0.29, 0.717) is 88.6 Å². The lowest BCUT2D eigenvalue weighted by molar-refractivity contribution is -0.116. The van der Waals surface area contributed by atoms with Crippen LogP contribution >= 0.6 is 0 Å². The fraction of sp³-hybridized carbons (Fsp3) is 0.265. The van der Waals surface area contributed by atoms with Gasteiger partial charge in [0.2, 0.25) is 11.8 Å². The number of hydrogen-bond acceptors (Lipinski definition) is 12. The Bertz CT molecular complexity index is 3920. The summed E-state index contributed by atoms with van der Waals surface area (Å²) in [5, 5.41) is 40.5. The van der Waals surface area contributed by atoms with E-state index in [9.17, 15) is 28.8 Å². The van der Waals surface area contributed by atoms with Crippen LogP contribution in [0.1, 0.15) is 107 Å². The molecule has 90 heavy (non-hydrogen) atoms. The van der Waals surface area contributed by atoms with Gasteiger partial charge in [0.15, 0.2) is 11.6 Å². The highest BCUT2D eigenvalue weighted by Crippen LogP contribution is 2.45. The molecular weight excluding hydrogens is 1140 g/mol. The lowest BCUT2D eigenvalue weighted by Gasteiger charge is -2.36. The van der Waals surface area contributed by atoms with Gasteiger partial charge in [-0.25, -0.2) is 9.59 Å². The standard InChI is InChI=1S/C68H76N16O6/c1-9-57(85)69-47-32-28-45(29-33-47)63(87)74-52-26-17-24-50(38-52)72-62-54-40-84(66(90)76-56(42-82(7)8)44-21-14-11-15-22-44)68(4,60(54)78-80-62)36-18-27-58(86)70-48-34-30-46(31-35-48)64(88)73-51-25-16-23-49(37-51)71-61-53-39-83(67(2,3)59(53)77-79-61)65(89)75-55(41-81(5)6)43-19-12-10-13-20-43/h10-35,37-38,55-56H,9,36,39-42H2,1-8H3,(H,69,85)(H,70,86)(H,73,88)(H,74,87)(H,75,89)(H,76,90)(H2,71,77,79)(H2,72,78,80)/b27-18-/t55-,56-,68?/m1/s1. The van der Waals surface area contributed by atoms with Gasteiger partial charge in [-0.05, 0) is 158 Å². The predicted molar refractivity (Wildman–Crippen MR) is 351 cm³/mol. The van der Waals surface area contributed by atoms with E-state index in [1.165, 1.54) is 6.08 Å².